The van der Waals surface area contributed by atoms with Crippen LogP contribution >= 0.6 is 0 Å². The Kier molecular flexibility index (Phi) is 4.39. The second-order valence-electron chi connectivity index (χ2n) is 4.75. The van der Waals surface area contributed by atoms with Gasteiger partial charge in [0.15, 0.2) is 0 Å². The van der Waals surface area contributed by atoms with Gasteiger partial charge in [-0.15, -0.1) is 0 Å². The number of benzene rings is 1. The first kappa shape index (κ1) is 13.4. The van der Waals surface area contributed by atoms with E-state index >= 15 is 0 Å². The van der Waals surface area contributed by atoms with E-state index < -0.39 is 12.0 Å². The molecule has 0 spiro atoms. The second kappa shape index (κ2) is 6.23. The number of aliphatic carboxylic acids is 1. The zero-order chi connectivity index (χ0) is 13.7. The smallest absolute Gasteiger partial charge is 0.327 e. The predicted molar refractivity (Wildman–Crippen MR) is 75.2 cm³/mol. The Morgan fingerprint density at radius 1 is 1.16 bits per heavy atom. The number of carboxylic acid groups (broad SMARTS) is 1. The van der Waals surface area contributed by atoms with E-state index in [2.05, 4.69) is 19.1 Å². The Labute approximate surface area is 113 Å². The van der Waals surface area contributed by atoms with Gasteiger partial charge in [0.1, 0.15) is 6.04 Å². The number of hydrogen-bond acceptors (Lipinski definition) is 1. The second-order valence-corrected chi connectivity index (χ2v) is 4.75. The molecule has 19 heavy (non-hydrogen) atoms. The molecule has 2 rings (SSSR count). The third-order valence-electron chi connectivity index (χ3n) is 3.26. The van der Waals surface area contributed by atoms with Crippen molar-refractivity contribution in [3.63, 3.8) is 0 Å². The molecule has 0 radical (unpaired) electrons. The third kappa shape index (κ3) is 3.47. The van der Waals surface area contributed by atoms with Crippen molar-refractivity contribution in [3.8, 4) is 0 Å². The van der Waals surface area contributed by atoms with Gasteiger partial charge >= 0.3 is 5.97 Å². The Bertz CT molecular complexity index is 514. The lowest BCUT2D eigenvalue weighted by Gasteiger charge is -2.14. The van der Waals surface area contributed by atoms with Crippen LogP contribution in [0.3, 0.4) is 0 Å². The van der Waals surface area contributed by atoms with Gasteiger partial charge in [0.25, 0.3) is 0 Å². The average Bonchev–Trinajstić information content (AvgIpc) is 2.91. The summed E-state index contributed by atoms with van der Waals surface area (Å²) in [4.78, 5) is 11.4. The number of rotatable bonds is 6. The maximum atomic E-state index is 11.4. The van der Waals surface area contributed by atoms with Crippen LogP contribution in [0.4, 0.5) is 0 Å². The van der Waals surface area contributed by atoms with E-state index in [1.54, 1.807) is 17.0 Å². The molecule has 0 aliphatic heterocycles. The highest BCUT2D eigenvalue weighted by Gasteiger charge is 2.18. The molecule has 0 saturated heterocycles. The number of hydrogen-bond donors (Lipinski definition) is 1. The minimum Gasteiger partial charge on any atom is -0.480 e. The Balaban J connectivity index is 2.11. The van der Waals surface area contributed by atoms with Crippen LogP contribution in [-0.2, 0) is 17.6 Å². The molecule has 1 unspecified atom stereocenters. The van der Waals surface area contributed by atoms with E-state index in [0.717, 1.165) is 18.4 Å². The molecule has 0 bridgehead atoms. The molecule has 1 heterocycles. The number of aromatic nitrogens is 1. The SMILES string of the molecule is CCCc1ccc(CC(C(=O)O)n2cccc2)cc1. The number of carbonyl (C=O) groups is 1. The van der Waals surface area contributed by atoms with Crippen LogP contribution in [0.25, 0.3) is 0 Å². The summed E-state index contributed by atoms with van der Waals surface area (Å²) >= 11 is 0. The van der Waals surface area contributed by atoms with E-state index in [0.29, 0.717) is 6.42 Å². The summed E-state index contributed by atoms with van der Waals surface area (Å²) in [6.07, 6.45) is 6.30. The van der Waals surface area contributed by atoms with Gasteiger partial charge in [-0.1, -0.05) is 37.6 Å². The van der Waals surface area contributed by atoms with Crippen LogP contribution in [-0.4, -0.2) is 15.6 Å². The highest BCUT2D eigenvalue weighted by atomic mass is 16.4. The molecule has 3 heteroatoms. The first-order chi connectivity index (χ1) is 9.20. The maximum absolute atomic E-state index is 11.4. The summed E-state index contributed by atoms with van der Waals surface area (Å²) in [5, 5.41) is 9.32. The van der Waals surface area contributed by atoms with Crippen molar-refractivity contribution < 1.29 is 9.90 Å². The van der Waals surface area contributed by atoms with E-state index in [9.17, 15) is 9.90 Å². The van der Waals surface area contributed by atoms with Crippen LogP contribution < -0.4 is 0 Å². The van der Waals surface area contributed by atoms with Gasteiger partial charge < -0.3 is 9.67 Å². The van der Waals surface area contributed by atoms with E-state index in [1.165, 1.54) is 5.56 Å². The molecule has 0 aliphatic rings. The van der Waals surface area contributed by atoms with E-state index in [1.807, 2.05) is 24.3 Å². The van der Waals surface area contributed by atoms with Gasteiger partial charge in [0, 0.05) is 18.8 Å². The van der Waals surface area contributed by atoms with E-state index in [4.69, 9.17) is 0 Å². The summed E-state index contributed by atoms with van der Waals surface area (Å²) < 4.78 is 1.74. The maximum Gasteiger partial charge on any atom is 0.327 e. The van der Waals surface area contributed by atoms with Gasteiger partial charge in [0.05, 0.1) is 0 Å². The van der Waals surface area contributed by atoms with E-state index in [-0.39, 0.29) is 0 Å². The topological polar surface area (TPSA) is 42.2 Å². The molecule has 0 fully saturated rings. The molecule has 0 amide bonds. The van der Waals surface area contributed by atoms with Crippen molar-refractivity contribution in [2.45, 2.75) is 32.2 Å². The fraction of sp³-hybridized carbons (Fsp3) is 0.312. The minimum atomic E-state index is -0.797. The number of aryl methyl sites for hydroxylation is 1. The number of nitrogens with zero attached hydrogens (tertiary/aromatic N) is 1. The van der Waals surface area contributed by atoms with Crippen molar-refractivity contribution >= 4 is 5.97 Å². The lowest BCUT2D eigenvalue weighted by molar-refractivity contribution is -0.140. The monoisotopic (exact) mass is 257 g/mol. The fourth-order valence-electron chi connectivity index (χ4n) is 2.23. The standard InChI is InChI=1S/C16H19NO2/c1-2-5-13-6-8-14(9-7-13)12-15(16(18)19)17-10-3-4-11-17/h3-4,6-11,15H,2,5,12H2,1H3,(H,18,19). The van der Waals surface area contributed by atoms with Gasteiger partial charge in [0.2, 0.25) is 0 Å². The van der Waals surface area contributed by atoms with Crippen LogP contribution in [0.5, 0.6) is 0 Å². The molecule has 0 aliphatic carbocycles. The Morgan fingerprint density at radius 3 is 2.26 bits per heavy atom. The Morgan fingerprint density at radius 2 is 1.74 bits per heavy atom. The molecule has 1 N–H and O–H groups in total. The molecule has 2 aromatic rings. The first-order valence-corrected chi connectivity index (χ1v) is 6.63. The van der Waals surface area contributed by atoms with Crippen LogP contribution in [0.1, 0.15) is 30.5 Å². The lowest BCUT2D eigenvalue weighted by atomic mass is 10.0. The molecule has 1 aromatic heterocycles. The van der Waals surface area contributed by atoms with Crippen LogP contribution in [0.15, 0.2) is 48.8 Å². The summed E-state index contributed by atoms with van der Waals surface area (Å²) in [5.74, 6) is -0.797. The van der Waals surface area contributed by atoms with Crippen LogP contribution in [0, 0.1) is 0 Å². The van der Waals surface area contributed by atoms with Gasteiger partial charge in [-0.25, -0.2) is 4.79 Å². The minimum absolute atomic E-state index is 0.510. The average molecular weight is 257 g/mol. The van der Waals surface area contributed by atoms with Crippen molar-refractivity contribution in [3.05, 3.63) is 59.9 Å². The quantitative estimate of drug-likeness (QED) is 0.862. The summed E-state index contributed by atoms with van der Waals surface area (Å²) in [5.41, 5.74) is 2.36. The number of carboxylic acids is 1. The summed E-state index contributed by atoms with van der Waals surface area (Å²) in [7, 11) is 0. The lowest BCUT2D eigenvalue weighted by Crippen LogP contribution is -2.20. The van der Waals surface area contributed by atoms with Crippen molar-refractivity contribution in [2.75, 3.05) is 0 Å². The Hall–Kier alpha value is -2.03. The van der Waals surface area contributed by atoms with Gasteiger partial charge in [-0.05, 0) is 29.7 Å². The highest BCUT2D eigenvalue weighted by Crippen LogP contribution is 2.16. The zero-order valence-electron chi connectivity index (χ0n) is 11.1. The predicted octanol–water partition coefficient (Wildman–Crippen LogP) is 3.31. The normalized spacial score (nSPS) is 12.3. The third-order valence-corrected chi connectivity index (χ3v) is 3.26. The summed E-state index contributed by atoms with van der Waals surface area (Å²) in [6.45, 7) is 2.15. The largest absolute Gasteiger partial charge is 0.480 e. The molecule has 100 valence electrons. The highest BCUT2D eigenvalue weighted by molar-refractivity contribution is 5.72. The molecule has 1 aromatic carbocycles. The molecular weight excluding hydrogens is 238 g/mol. The first-order valence-electron chi connectivity index (χ1n) is 6.63. The molecule has 0 saturated carbocycles. The van der Waals surface area contributed by atoms with Gasteiger partial charge in [-0.3, -0.25) is 0 Å². The molecule has 1 atom stereocenters. The van der Waals surface area contributed by atoms with Crippen molar-refractivity contribution in [2.24, 2.45) is 0 Å². The van der Waals surface area contributed by atoms with Crippen molar-refractivity contribution in [1.29, 1.82) is 0 Å². The summed E-state index contributed by atoms with van der Waals surface area (Å²) in [6, 6.07) is 11.4. The van der Waals surface area contributed by atoms with Gasteiger partial charge in [-0.2, -0.15) is 0 Å². The van der Waals surface area contributed by atoms with Crippen LogP contribution in [0.2, 0.25) is 0 Å². The zero-order valence-corrected chi connectivity index (χ0v) is 11.1. The molecular formula is C16H19NO2. The molecule has 3 nitrogen and oxygen atoms in total. The fourth-order valence-corrected chi connectivity index (χ4v) is 2.23. The van der Waals surface area contributed by atoms with Crippen molar-refractivity contribution in [1.82, 2.24) is 4.57 Å².